The van der Waals surface area contributed by atoms with Gasteiger partial charge in [0.05, 0.1) is 18.0 Å². The fraction of sp³-hybridized carbons (Fsp3) is 0.143. The number of amides is 3. The summed E-state index contributed by atoms with van der Waals surface area (Å²) in [5.41, 5.74) is 11.9. The largest absolute Gasteiger partial charge is 0.494 e. The lowest BCUT2D eigenvalue weighted by atomic mass is 10.0. The Kier molecular flexibility index (Phi) is 8.52. The number of primary amides is 1. The van der Waals surface area contributed by atoms with E-state index in [1.165, 1.54) is 18.2 Å². The molecular formula is C28H26FN5O4S. The van der Waals surface area contributed by atoms with Crippen LogP contribution in [-0.4, -0.2) is 28.7 Å². The lowest BCUT2D eigenvalue weighted by Crippen LogP contribution is -2.44. The van der Waals surface area contributed by atoms with Crippen LogP contribution >= 0.6 is 11.5 Å². The molecule has 0 bridgehead atoms. The van der Waals surface area contributed by atoms with Crippen molar-refractivity contribution in [3.8, 4) is 5.75 Å². The molecule has 0 aliphatic heterocycles. The van der Waals surface area contributed by atoms with Crippen LogP contribution in [0.5, 0.6) is 5.75 Å². The van der Waals surface area contributed by atoms with Gasteiger partial charge in [-0.3, -0.25) is 19.3 Å². The zero-order valence-corrected chi connectivity index (χ0v) is 21.8. The number of hydrogen-bond donors (Lipinski definition) is 3. The molecule has 4 rings (SSSR count). The molecule has 39 heavy (non-hydrogen) atoms. The normalized spacial score (nSPS) is 11.4. The Hall–Kier alpha value is -4.77. The second-order valence-electron chi connectivity index (χ2n) is 8.37. The molecule has 11 heteroatoms. The van der Waals surface area contributed by atoms with Gasteiger partial charge < -0.3 is 21.5 Å². The van der Waals surface area contributed by atoms with E-state index in [1.807, 2.05) is 37.3 Å². The molecule has 0 saturated heterocycles. The molecule has 0 aliphatic carbocycles. The summed E-state index contributed by atoms with van der Waals surface area (Å²) in [4.78, 5) is 40.4. The maximum absolute atomic E-state index is 15.2. The van der Waals surface area contributed by atoms with Crippen LogP contribution in [0.2, 0.25) is 0 Å². The Bertz CT molecular complexity index is 1480. The molecule has 4 aromatic rings. The van der Waals surface area contributed by atoms with E-state index >= 15 is 4.39 Å². The van der Waals surface area contributed by atoms with Crippen LogP contribution in [0.25, 0.3) is 0 Å². The van der Waals surface area contributed by atoms with Gasteiger partial charge in [0.15, 0.2) is 5.69 Å². The van der Waals surface area contributed by atoms with Gasteiger partial charge in [-0.1, -0.05) is 54.6 Å². The van der Waals surface area contributed by atoms with Gasteiger partial charge in [-0.2, -0.15) is 4.37 Å². The first kappa shape index (κ1) is 27.3. The SMILES string of the molecule is CCOc1ccc(C(C(=O)NCc2ccccc2)N(C(=O)c2snc(C(N)=O)c2N)c2ccccc2F)cc1. The molecule has 5 N–H and O–H groups in total. The molecule has 0 aliphatic rings. The summed E-state index contributed by atoms with van der Waals surface area (Å²) < 4.78 is 24.7. The molecule has 1 aromatic heterocycles. The van der Waals surface area contributed by atoms with Crippen molar-refractivity contribution < 1.29 is 23.5 Å². The van der Waals surface area contributed by atoms with Crippen LogP contribution in [0.15, 0.2) is 78.9 Å². The van der Waals surface area contributed by atoms with Crippen LogP contribution in [0.1, 0.15) is 44.3 Å². The lowest BCUT2D eigenvalue weighted by Gasteiger charge is -2.31. The van der Waals surface area contributed by atoms with E-state index in [0.29, 0.717) is 29.5 Å². The number of carbonyl (C=O) groups is 3. The van der Waals surface area contributed by atoms with Crippen LogP contribution in [0.3, 0.4) is 0 Å². The Morgan fingerprint density at radius 1 is 1.03 bits per heavy atom. The van der Waals surface area contributed by atoms with E-state index in [0.717, 1.165) is 10.5 Å². The molecule has 0 fully saturated rings. The summed E-state index contributed by atoms with van der Waals surface area (Å²) in [7, 11) is 0. The van der Waals surface area contributed by atoms with Gasteiger partial charge in [-0.15, -0.1) is 0 Å². The molecule has 0 saturated carbocycles. The van der Waals surface area contributed by atoms with Crippen LogP contribution in [0, 0.1) is 5.82 Å². The second kappa shape index (κ2) is 12.2. The highest BCUT2D eigenvalue weighted by molar-refractivity contribution is 7.09. The van der Waals surface area contributed by atoms with Crippen molar-refractivity contribution in [2.45, 2.75) is 19.5 Å². The summed E-state index contributed by atoms with van der Waals surface area (Å²) in [5.74, 6) is -2.49. The molecule has 0 radical (unpaired) electrons. The average Bonchev–Trinajstić information content (AvgIpc) is 3.33. The van der Waals surface area contributed by atoms with Crippen molar-refractivity contribution in [1.82, 2.24) is 9.69 Å². The minimum Gasteiger partial charge on any atom is -0.494 e. The van der Waals surface area contributed by atoms with Crippen LogP contribution in [-0.2, 0) is 11.3 Å². The van der Waals surface area contributed by atoms with E-state index in [2.05, 4.69) is 9.69 Å². The van der Waals surface area contributed by atoms with Gasteiger partial charge in [-0.25, -0.2) is 4.39 Å². The molecule has 3 aromatic carbocycles. The standard InChI is InChI=1S/C28H26FN5O4S/c1-2-38-19-14-12-18(13-15-19)24(27(36)32-16-17-8-4-3-5-9-17)34(21-11-7-6-10-20(21)29)28(37)25-22(30)23(26(31)35)33-39-25/h3-15,24H,2,16,30H2,1H3,(H2,31,35)(H,32,36). The number of nitrogens with one attached hydrogen (secondary N) is 1. The zero-order valence-electron chi connectivity index (χ0n) is 21.0. The minimum atomic E-state index is -1.33. The molecule has 3 amide bonds. The highest BCUT2D eigenvalue weighted by Gasteiger charge is 2.37. The molecule has 1 unspecified atom stereocenters. The number of carbonyl (C=O) groups excluding carboxylic acids is 3. The second-order valence-corrected chi connectivity index (χ2v) is 9.15. The van der Waals surface area contributed by atoms with Gasteiger partial charge in [0.2, 0.25) is 5.91 Å². The van der Waals surface area contributed by atoms with Crippen molar-refractivity contribution in [3.05, 3.63) is 106 Å². The number of anilines is 2. The Labute approximate surface area is 228 Å². The molecule has 200 valence electrons. The van der Waals surface area contributed by atoms with Crippen LogP contribution < -0.4 is 26.4 Å². The van der Waals surface area contributed by atoms with Gasteiger partial charge >= 0.3 is 0 Å². The Morgan fingerprint density at radius 2 is 1.69 bits per heavy atom. The lowest BCUT2D eigenvalue weighted by molar-refractivity contribution is -0.122. The fourth-order valence-electron chi connectivity index (χ4n) is 3.96. The number of aromatic nitrogens is 1. The summed E-state index contributed by atoms with van der Waals surface area (Å²) in [5, 5.41) is 2.85. The number of halogens is 1. The zero-order chi connectivity index (χ0) is 27.9. The maximum Gasteiger partial charge on any atom is 0.273 e. The number of hydrogen-bond acceptors (Lipinski definition) is 7. The summed E-state index contributed by atoms with van der Waals surface area (Å²) >= 11 is 0.644. The molecule has 9 nitrogen and oxygen atoms in total. The van der Waals surface area contributed by atoms with Gasteiger partial charge in [0.1, 0.15) is 22.5 Å². The van der Waals surface area contributed by atoms with E-state index in [9.17, 15) is 14.4 Å². The highest BCUT2D eigenvalue weighted by atomic mass is 32.1. The number of nitrogens with two attached hydrogens (primary N) is 2. The summed E-state index contributed by atoms with van der Waals surface area (Å²) in [6, 6.07) is 20.0. The number of para-hydroxylation sites is 1. The van der Waals surface area contributed by atoms with Gasteiger partial charge in [-0.05, 0) is 53.8 Å². The maximum atomic E-state index is 15.2. The smallest absolute Gasteiger partial charge is 0.273 e. The summed E-state index contributed by atoms with van der Waals surface area (Å²) in [6.45, 7) is 2.44. The Morgan fingerprint density at radius 3 is 2.31 bits per heavy atom. The van der Waals surface area contributed by atoms with Crippen molar-refractivity contribution in [1.29, 1.82) is 0 Å². The molecule has 1 atom stereocenters. The first-order valence-corrected chi connectivity index (χ1v) is 12.8. The minimum absolute atomic E-state index is 0.154. The van der Waals surface area contributed by atoms with Crippen molar-refractivity contribution >= 4 is 40.6 Å². The number of benzene rings is 3. The van der Waals surface area contributed by atoms with Crippen molar-refractivity contribution in [3.63, 3.8) is 0 Å². The third kappa shape index (κ3) is 6.04. The monoisotopic (exact) mass is 547 g/mol. The van der Waals surface area contributed by atoms with E-state index in [4.69, 9.17) is 16.2 Å². The summed E-state index contributed by atoms with van der Waals surface area (Å²) in [6.07, 6.45) is 0. The average molecular weight is 548 g/mol. The predicted octanol–water partition coefficient (Wildman–Crippen LogP) is 4.07. The first-order chi connectivity index (χ1) is 18.8. The number of nitrogen functional groups attached to an aromatic ring is 1. The quantitative estimate of drug-likeness (QED) is 0.273. The topological polar surface area (TPSA) is 141 Å². The number of rotatable bonds is 10. The van der Waals surface area contributed by atoms with Crippen molar-refractivity contribution in [2.24, 2.45) is 5.73 Å². The van der Waals surface area contributed by atoms with Gasteiger partial charge in [0, 0.05) is 6.54 Å². The number of nitrogens with zero attached hydrogens (tertiary/aromatic N) is 2. The van der Waals surface area contributed by atoms with E-state index in [1.54, 1.807) is 30.3 Å². The van der Waals surface area contributed by atoms with E-state index < -0.39 is 29.6 Å². The molecular weight excluding hydrogens is 521 g/mol. The predicted molar refractivity (Wildman–Crippen MR) is 147 cm³/mol. The number of ether oxygens (including phenoxy) is 1. The van der Waals surface area contributed by atoms with Crippen molar-refractivity contribution in [2.75, 3.05) is 17.2 Å². The molecule has 0 spiro atoms. The third-order valence-electron chi connectivity index (χ3n) is 5.81. The van der Waals surface area contributed by atoms with E-state index in [-0.39, 0.29) is 28.5 Å². The highest BCUT2D eigenvalue weighted by Crippen LogP contribution is 2.35. The van der Waals surface area contributed by atoms with Crippen LogP contribution in [0.4, 0.5) is 15.8 Å². The Balaban J connectivity index is 1.84. The van der Waals surface area contributed by atoms with Gasteiger partial charge in [0.25, 0.3) is 11.8 Å². The molecule has 1 heterocycles. The first-order valence-electron chi connectivity index (χ1n) is 12.0. The fourth-order valence-corrected chi connectivity index (χ4v) is 4.71. The third-order valence-corrected chi connectivity index (χ3v) is 6.66.